The van der Waals surface area contributed by atoms with Crippen LogP contribution in [0.1, 0.15) is 5.69 Å². The maximum absolute atomic E-state index is 10.7. The minimum Gasteiger partial charge on any atom is -0.618 e. The second-order valence-electron chi connectivity index (χ2n) is 1.68. The number of thiol groups is 1. The average Bonchev–Trinajstić information content (AvgIpc) is 1.89. The summed E-state index contributed by atoms with van der Waals surface area (Å²) in [6.45, 7) is 0. The summed E-state index contributed by atoms with van der Waals surface area (Å²) in [4.78, 5) is 0. The van der Waals surface area contributed by atoms with Gasteiger partial charge in [0.05, 0.1) is 5.75 Å². The van der Waals surface area contributed by atoms with E-state index in [1.165, 1.54) is 6.20 Å². The predicted molar refractivity (Wildman–Crippen MR) is 38.1 cm³/mol. The molecule has 0 saturated heterocycles. The molecule has 9 heavy (non-hydrogen) atoms. The third-order valence-electron chi connectivity index (χ3n) is 1.07. The van der Waals surface area contributed by atoms with Gasteiger partial charge >= 0.3 is 0 Å². The van der Waals surface area contributed by atoms with E-state index in [1.54, 1.807) is 12.1 Å². The maximum Gasteiger partial charge on any atom is 0.202 e. The van der Waals surface area contributed by atoms with E-state index in [2.05, 4.69) is 12.6 Å². The molecule has 1 heterocycles. The molecule has 0 fully saturated rings. The summed E-state index contributed by atoms with van der Waals surface area (Å²) in [5, 5.41) is 10.7. The molecule has 0 bridgehead atoms. The van der Waals surface area contributed by atoms with E-state index in [4.69, 9.17) is 0 Å². The molecule has 2 nitrogen and oxygen atoms in total. The fourth-order valence-corrected chi connectivity index (χ4v) is 0.831. The molecule has 0 radical (unpaired) electrons. The van der Waals surface area contributed by atoms with E-state index >= 15 is 0 Å². The number of rotatable bonds is 1. The van der Waals surface area contributed by atoms with Gasteiger partial charge in [-0.1, -0.05) is 0 Å². The van der Waals surface area contributed by atoms with Gasteiger partial charge in [-0.05, 0) is 6.07 Å². The van der Waals surface area contributed by atoms with Crippen LogP contribution in [0.2, 0.25) is 0 Å². The lowest BCUT2D eigenvalue weighted by Gasteiger charge is -1.98. The molecule has 0 aliphatic heterocycles. The Morgan fingerprint density at radius 2 is 2.33 bits per heavy atom. The second-order valence-corrected chi connectivity index (χ2v) is 1.99. The zero-order chi connectivity index (χ0) is 6.69. The van der Waals surface area contributed by atoms with Crippen LogP contribution in [0, 0.1) is 5.21 Å². The van der Waals surface area contributed by atoms with Gasteiger partial charge in [-0.15, -0.1) is 0 Å². The third kappa shape index (κ3) is 1.36. The predicted octanol–water partition coefficient (Wildman–Crippen LogP) is 0.750. The molecule has 0 N–H and O–H groups in total. The van der Waals surface area contributed by atoms with Crippen molar-refractivity contribution in [1.82, 2.24) is 0 Å². The summed E-state index contributed by atoms with van der Waals surface area (Å²) in [6.07, 6.45) is 1.46. The molecule has 0 saturated carbocycles. The third-order valence-corrected chi connectivity index (χ3v) is 1.39. The minimum absolute atomic E-state index is 0.490. The van der Waals surface area contributed by atoms with E-state index in [0.29, 0.717) is 11.4 Å². The molecule has 0 spiro atoms. The normalized spacial score (nSPS) is 9.44. The van der Waals surface area contributed by atoms with Crippen LogP contribution in [-0.2, 0) is 5.75 Å². The quantitative estimate of drug-likeness (QED) is 0.349. The molecule has 1 rings (SSSR count). The van der Waals surface area contributed by atoms with Gasteiger partial charge in [0.15, 0.2) is 6.20 Å². The Bertz CT molecular complexity index is 202. The molecule has 0 aliphatic carbocycles. The van der Waals surface area contributed by atoms with E-state index in [0.717, 1.165) is 4.73 Å². The first-order chi connectivity index (χ1) is 4.34. The Labute approximate surface area is 59.1 Å². The fourth-order valence-electron chi connectivity index (χ4n) is 0.586. The number of pyridine rings is 1. The average molecular weight is 141 g/mol. The first-order valence-corrected chi connectivity index (χ1v) is 3.26. The van der Waals surface area contributed by atoms with Gasteiger partial charge < -0.3 is 5.21 Å². The first-order valence-electron chi connectivity index (χ1n) is 2.62. The molecule has 1 aromatic rings. The van der Waals surface area contributed by atoms with E-state index in [-0.39, 0.29) is 0 Å². The van der Waals surface area contributed by atoms with Gasteiger partial charge in [-0.25, -0.2) is 0 Å². The Morgan fingerprint density at radius 3 is 2.78 bits per heavy atom. The molecule has 0 aliphatic rings. The smallest absolute Gasteiger partial charge is 0.202 e. The SMILES string of the molecule is [O-][n+]1ccccc1CS. The highest BCUT2D eigenvalue weighted by Gasteiger charge is 1.96. The lowest BCUT2D eigenvalue weighted by molar-refractivity contribution is -0.612. The monoisotopic (exact) mass is 141 g/mol. The largest absolute Gasteiger partial charge is 0.618 e. The minimum atomic E-state index is 0.490. The van der Waals surface area contributed by atoms with Gasteiger partial charge in [0.25, 0.3) is 0 Å². The van der Waals surface area contributed by atoms with E-state index < -0.39 is 0 Å². The zero-order valence-electron chi connectivity index (χ0n) is 4.82. The van der Waals surface area contributed by atoms with Crippen molar-refractivity contribution in [3.63, 3.8) is 0 Å². The van der Waals surface area contributed by atoms with Gasteiger partial charge in [0.1, 0.15) is 0 Å². The molecule has 48 valence electrons. The van der Waals surface area contributed by atoms with Crippen LogP contribution in [0.15, 0.2) is 24.4 Å². The summed E-state index contributed by atoms with van der Waals surface area (Å²) < 4.78 is 0.812. The van der Waals surface area contributed by atoms with Crippen LogP contribution < -0.4 is 4.73 Å². The Morgan fingerprint density at radius 1 is 1.56 bits per heavy atom. The first kappa shape index (κ1) is 6.42. The number of aromatic nitrogens is 1. The van der Waals surface area contributed by atoms with Crippen molar-refractivity contribution < 1.29 is 4.73 Å². The molecule has 0 unspecified atom stereocenters. The summed E-state index contributed by atoms with van der Waals surface area (Å²) >= 11 is 3.96. The van der Waals surface area contributed by atoms with Gasteiger partial charge in [-0.3, -0.25) is 0 Å². The van der Waals surface area contributed by atoms with Crippen LogP contribution in [-0.4, -0.2) is 0 Å². The van der Waals surface area contributed by atoms with Crippen molar-refractivity contribution in [3.8, 4) is 0 Å². The van der Waals surface area contributed by atoms with Crippen molar-refractivity contribution in [3.05, 3.63) is 35.3 Å². The summed E-state index contributed by atoms with van der Waals surface area (Å²) in [5.74, 6) is 0.490. The lowest BCUT2D eigenvalue weighted by atomic mass is 10.4. The molecule has 0 aromatic carbocycles. The number of nitrogens with zero attached hydrogens (tertiary/aromatic N) is 1. The van der Waals surface area contributed by atoms with Crippen molar-refractivity contribution in [2.24, 2.45) is 0 Å². The summed E-state index contributed by atoms with van der Waals surface area (Å²) in [6, 6.07) is 5.26. The Hall–Kier alpha value is -0.700. The van der Waals surface area contributed by atoms with Crippen LogP contribution in [0.5, 0.6) is 0 Å². The molecule has 0 atom stereocenters. The lowest BCUT2D eigenvalue weighted by Crippen LogP contribution is -2.29. The molecule has 0 amide bonds. The van der Waals surface area contributed by atoms with Gasteiger partial charge in [0.2, 0.25) is 5.69 Å². The van der Waals surface area contributed by atoms with Crippen molar-refractivity contribution in [1.29, 1.82) is 0 Å². The summed E-state index contributed by atoms with van der Waals surface area (Å²) in [5.41, 5.74) is 0.681. The van der Waals surface area contributed by atoms with Crippen LogP contribution in [0.3, 0.4) is 0 Å². The maximum atomic E-state index is 10.7. The molecular weight excluding hydrogens is 134 g/mol. The highest BCUT2D eigenvalue weighted by Crippen LogP contribution is 1.93. The fraction of sp³-hybridized carbons (Fsp3) is 0.167. The van der Waals surface area contributed by atoms with E-state index in [9.17, 15) is 5.21 Å². The Kier molecular flexibility index (Phi) is 1.95. The standard InChI is InChI=1S/C6H7NOS/c8-7-4-2-1-3-6(7)5-9/h1-4,9H,5H2. The Balaban J connectivity index is 3.01. The van der Waals surface area contributed by atoms with Crippen molar-refractivity contribution in [2.45, 2.75) is 5.75 Å². The molecular formula is C6H7NOS. The van der Waals surface area contributed by atoms with Crippen LogP contribution in [0.25, 0.3) is 0 Å². The highest BCUT2D eigenvalue weighted by molar-refractivity contribution is 7.79. The van der Waals surface area contributed by atoms with Crippen molar-refractivity contribution in [2.75, 3.05) is 0 Å². The molecule has 1 aromatic heterocycles. The number of hydrogen-bond acceptors (Lipinski definition) is 2. The van der Waals surface area contributed by atoms with Crippen molar-refractivity contribution >= 4 is 12.6 Å². The van der Waals surface area contributed by atoms with Crippen LogP contribution >= 0.6 is 12.6 Å². The number of hydrogen-bond donors (Lipinski definition) is 1. The zero-order valence-corrected chi connectivity index (χ0v) is 5.71. The van der Waals surface area contributed by atoms with Crippen LogP contribution in [0.4, 0.5) is 0 Å². The summed E-state index contributed by atoms with van der Waals surface area (Å²) in [7, 11) is 0. The topological polar surface area (TPSA) is 26.9 Å². The van der Waals surface area contributed by atoms with E-state index in [1.807, 2.05) is 6.07 Å². The molecule has 3 heteroatoms. The van der Waals surface area contributed by atoms with Gasteiger partial charge in [-0.2, -0.15) is 17.4 Å². The highest BCUT2D eigenvalue weighted by atomic mass is 32.1. The second kappa shape index (κ2) is 2.73. The van der Waals surface area contributed by atoms with Gasteiger partial charge in [0, 0.05) is 12.1 Å².